The van der Waals surface area contributed by atoms with Crippen molar-refractivity contribution < 1.29 is 4.79 Å². The van der Waals surface area contributed by atoms with Gasteiger partial charge in [0.05, 0.1) is 10.7 Å². The second-order valence-corrected chi connectivity index (χ2v) is 5.65. The predicted molar refractivity (Wildman–Crippen MR) is 85.5 cm³/mol. The molecule has 1 aromatic heterocycles. The molecule has 0 bridgehead atoms. The number of nitrogens with one attached hydrogen (secondary N) is 1. The maximum Gasteiger partial charge on any atom is 0.322 e. The molecule has 20 heavy (non-hydrogen) atoms. The van der Waals surface area contributed by atoms with Crippen molar-refractivity contribution in [3.8, 4) is 0 Å². The van der Waals surface area contributed by atoms with Gasteiger partial charge in [-0.3, -0.25) is 0 Å². The van der Waals surface area contributed by atoms with Gasteiger partial charge in [0, 0.05) is 13.1 Å². The van der Waals surface area contributed by atoms with Crippen LogP contribution in [0.2, 0.25) is 5.02 Å². The Balaban J connectivity index is 2.05. The van der Waals surface area contributed by atoms with Crippen LogP contribution in [0.15, 0.2) is 41.1 Å². The number of halogens is 1. The van der Waals surface area contributed by atoms with Crippen LogP contribution in [0.1, 0.15) is 18.9 Å². The molecule has 0 aliphatic heterocycles. The van der Waals surface area contributed by atoms with Crippen LogP contribution in [0.4, 0.5) is 10.5 Å². The largest absolute Gasteiger partial charge is 0.322 e. The molecule has 0 saturated carbocycles. The van der Waals surface area contributed by atoms with E-state index >= 15 is 0 Å². The van der Waals surface area contributed by atoms with E-state index in [-0.39, 0.29) is 6.03 Å². The van der Waals surface area contributed by atoms with Gasteiger partial charge in [0.2, 0.25) is 0 Å². The van der Waals surface area contributed by atoms with Gasteiger partial charge >= 0.3 is 6.03 Å². The average Bonchev–Trinajstić information content (AvgIpc) is 2.94. The number of nitrogens with zero attached hydrogens (tertiary/aromatic N) is 1. The fourth-order valence-corrected chi connectivity index (χ4v) is 2.72. The number of carbonyl (C=O) groups excluding carboxylic acids is 1. The van der Waals surface area contributed by atoms with E-state index < -0.39 is 0 Å². The van der Waals surface area contributed by atoms with Crippen molar-refractivity contribution in [1.29, 1.82) is 0 Å². The maximum absolute atomic E-state index is 12.3. The molecule has 0 unspecified atom stereocenters. The Morgan fingerprint density at radius 3 is 2.80 bits per heavy atom. The highest BCUT2D eigenvalue weighted by atomic mass is 35.5. The van der Waals surface area contributed by atoms with Crippen LogP contribution in [0.3, 0.4) is 0 Å². The lowest BCUT2D eigenvalue weighted by Crippen LogP contribution is -2.35. The molecule has 5 heteroatoms. The zero-order valence-electron chi connectivity index (χ0n) is 11.3. The molecule has 0 aliphatic rings. The molecular weight excluding hydrogens is 292 g/mol. The molecule has 0 atom stereocenters. The molecule has 0 saturated heterocycles. The summed E-state index contributed by atoms with van der Waals surface area (Å²) in [5.41, 5.74) is 1.79. The van der Waals surface area contributed by atoms with Crippen LogP contribution in [-0.4, -0.2) is 17.5 Å². The number of anilines is 1. The molecule has 1 heterocycles. The number of amides is 2. The lowest BCUT2D eigenvalue weighted by Gasteiger charge is -2.22. The summed E-state index contributed by atoms with van der Waals surface area (Å²) in [6.07, 6.45) is 0.917. The molecule has 0 spiro atoms. The lowest BCUT2D eigenvalue weighted by atomic mass is 10.3. The van der Waals surface area contributed by atoms with Gasteiger partial charge < -0.3 is 10.2 Å². The second-order valence-electron chi connectivity index (χ2n) is 4.46. The van der Waals surface area contributed by atoms with Crippen LogP contribution in [0.5, 0.6) is 0 Å². The molecule has 1 aromatic carbocycles. The summed E-state index contributed by atoms with van der Waals surface area (Å²) < 4.78 is 0. The fourth-order valence-electron chi connectivity index (χ4n) is 1.88. The number of rotatable bonds is 5. The normalized spacial score (nSPS) is 10.3. The van der Waals surface area contributed by atoms with Crippen molar-refractivity contribution in [3.63, 3.8) is 0 Å². The second kappa shape index (κ2) is 7.31. The van der Waals surface area contributed by atoms with E-state index in [1.165, 1.54) is 0 Å². The topological polar surface area (TPSA) is 32.3 Å². The summed E-state index contributed by atoms with van der Waals surface area (Å²) in [5, 5.41) is 7.50. The lowest BCUT2D eigenvalue weighted by molar-refractivity contribution is 0.209. The van der Waals surface area contributed by atoms with E-state index in [4.69, 9.17) is 11.6 Å². The van der Waals surface area contributed by atoms with E-state index in [0.29, 0.717) is 23.8 Å². The third-order valence-electron chi connectivity index (χ3n) is 2.85. The maximum atomic E-state index is 12.3. The molecule has 106 valence electrons. The fraction of sp³-hybridized carbons (Fsp3) is 0.267. The summed E-state index contributed by atoms with van der Waals surface area (Å²) in [7, 11) is 0. The van der Waals surface area contributed by atoms with Crippen LogP contribution in [0.25, 0.3) is 0 Å². The molecule has 0 radical (unpaired) electrons. The molecule has 2 amide bonds. The Morgan fingerprint density at radius 2 is 2.15 bits per heavy atom. The molecule has 3 nitrogen and oxygen atoms in total. The summed E-state index contributed by atoms with van der Waals surface area (Å²) in [6.45, 7) is 3.39. The van der Waals surface area contributed by atoms with Crippen molar-refractivity contribution in [3.05, 3.63) is 51.7 Å². The van der Waals surface area contributed by atoms with Gasteiger partial charge in [0.1, 0.15) is 0 Å². The third-order valence-corrected chi connectivity index (χ3v) is 3.91. The van der Waals surface area contributed by atoms with Crippen LogP contribution >= 0.6 is 22.9 Å². The van der Waals surface area contributed by atoms with E-state index in [9.17, 15) is 4.79 Å². The Hall–Kier alpha value is -1.52. The van der Waals surface area contributed by atoms with Gasteiger partial charge in [-0.05, 0) is 40.9 Å². The first-order chi connectivity index (χ1) is 9.70. The van der Waals surface area contributed by atoms with Crippen molar-refractivity contribution in [1.82, 2.24) is 4.90 Å². The summed E-state index contributed by atoms with van der Waals surface area (Å²) >= 11 is 7.70. The van der Waals surface area contributed by atoms with Crippen molar-refractivity contribution >= 4 is 34.7 Å². The highest BCUT2D eigenvalue weighted by Gasteiger charge is 2.14. The Kier molecular flexibility index (Phi) is 5.44. The number of hydrogen-bond donors (Lipinski definition) is 1. The van der Waals surface area contributed by atoms with Gasteiger partial charge in [-0.2, -0.15) is 11.3 Å². The Bertz CT molecular complexity index is 557. The first-order valence-electron chi connectivity index (χ1n) is 6.52. The first-order valence-corrected chi connectivity index (χ1v) is 7.84. The molecule has 0 aliphatic carbocycles. The predicted octanol–water partition coefficient (Wildman–Crippen LogP) is 4.85. The molecule has 2 rings (SSSR count). The standard InChI is InChI=1S/C15H17ClN2OS/c1-2-8-18(10-12-7-9-20-11-12)15(19)17-14-6-4-3-5-13(14)16/h3-7,9,11H,2,8,10H2,1H3,(H,17,19). The highest BCUT2D eigenvalue weighted by Crippen LogP contribution is 2.21. The van der Waals surface area contributed by atoms with E-state index in [1.807, 2.05) is 23.6 Å². The van der Waals surface area contributed by atoms with Crippen LogP contribution < -0.4 is 5.32 Å². The minimum Gasteiger partial charge on any atom is -0.320 e. The third kappa shape index (κ3) is 3.99. The van der Waals surface area contributed by atoms with Crippen LogP contribution in [0, 0.1) is 0 Å². The number of hydrogen-bond acceptors (Lipinski definition) is 2. The van der Waals surface area contributed by atoms with E-state index in [0.717, 1.165) is 12.0 Å². The SMILES string of the molecule is CCCN(Cc1ccsc1)C(=O)Nc1ccccc1Cl. The molecule has 1 N–H and O–H groups in total. The van der Waals surface area contributed by atoms with Crippen molar-refractivity contribution in [2.24, 2.45) is 0 Å². The smallest absolute Gasteiger partial charge is 0.320 e. The quantitative estimate of drug-likeness (QED) is 0.841. The summed E-state index contributed by atoms with van der Waals surface area (Å²) in [6, 6.07) is 9.18. The number of benzene rings is 1. The zero-order chi connectivity index (χ0) is 14.4. The van der Waals surface area contributed by atoms with Gasteiger partial charge in [0.15, 0.2) is 0 Å². The Labute approximate surface area is 128 Å². The number of para-hydroxylation sites is 1. The van der Waals surface area contributed by atoms with E-state index in [1.54, 1.807) is 28.4 Å². The van der Waals surface area contributed by atoms with Gasteiger partial charge in [-0.15, -0.1) is 0 Å². The first kappa shape index (κ1) is 14.9. The monoisotopic (exact) mass is 308 g/mol. The summed E-state index contributed by atoms with van der Waals surface area (Å²) in [4.78, 5) is 14.1. The van der Waals surface area contributed by atoms with Crippen molar-refractivity contribution in [2.45, 2.75) is 19.9 Å². The van der Waals surface area contributed by atoms with Crippen molar-refractivity contribution in [2.75, 3.05) is 11.9 Å². The number of carbonyl (C=O) groups is 1. The van der Waals surface area contributed by atoms with E-state index in [2.05, 4.69) is 17.6 Å². The van der Waals surface area contributed by atoms with Gasteiger partial charge in [-0.1, -0.05) is 30.7 Å². The average molecular weight is 309 g/mol. The number of thiophene rings is 1. The zero-order valence-corrected chi connectivity index (χ0v) is 12.9. The minimum absolute atomic E-state index is 0.119. The number of urea groups is 1. The minimum atomic E-state index is -0.119. The van der Waals surface area contributed by atoms with Crippen LogP contribution in [-0.2, 0) is 6.54 Å². The molecular formula is C15H17ClN2OS. The van der Waals surface area contributed by atoms with Gasteiger partial charge in [-0.25, -0.2) is 4.79 Å². The molecule has 0 fully saturated rings. The van der Waals surface area contributed by atoms with Gasteiger partial charge in [0.25, 0.3) is 0 Å². The summed E-state index contributed by atoms with van der Waals surface area (Å²) in [5.74, 6) is 0. The Morgan fingerprint density at radius 1 is 1.35 bits per heavy atom. The molecule has 2 aromatic rings. The highest BCUT2D eigenvalue weighted by molar-refractivity contribution is 7.07.